The molecule has 0 spiro atoms. The molecule has 0 bridgehead atoms. The maximum Gasteiger partial charge on any atom is 0.221 e. The van der Waals surface area contributed by atoms with Gasteiger partial charge in [-0.3, -0.25) is 0 Å². The Hall–Kier alpha value is -3.22. The van der Waals surface area contributed by atoms with E-state index in [4.69, 9.17) is 9.15 Å². The normalized spacial score (nSPS) is 11.5. The van der Waals surface area contributed by atoms with Crippen molar-refractivity contribution >= 4 is 9.84 Å². The molecular weight excluding hydrogens is 398 g/mol. The van der Waals surface area contributed by atoms with E-state index in [1.807, 2.05) is 60.7 Å². The van der Waals surface area contributed by atoms with Gasteiger partial charge in [-0.15, -0.1) is 0 Å². The number of sulfone groups is 1. The van der Waals surface area contributed by atoms with Crippen molar-refractivity contribution in [3.63, 3.8) is 0 Å². The molecule has 0 unspecified atom stereocenters. The summed E-state index contributed by atoms with van der Waals surface area (Å²) >= 11 is 0. The second kappa shape index (κ2) is 8.65. The zero-order chi connectivity index (χ0) is 21.0. The molecule has 152 valence electrons. The molecule has 0 radical (unpaired) electrons. The molecule has 0 fully saturated rings. The van der Waals surface area contributed by atoms with E-state index < -0.39 is 9.84 Å². The second-order valence-corrected chi connectivity index (χ2v) is 8.94. The molecule has 0 aliphatic rings. The minimum Gasteiger partial charge on any atom is -0.437 e. The molecule has 3 aromatic carbocycles. The van der Waals surface area contributed by atoms with Crippen LogP contribution < -0.4 is 0 Å². The summed E-state index contributed by atoms with van der Waals surface area (Å²) in [6.07, 6.45) is 1.19. The standard InChI is InChI=1S/C24H21NO4S/c1-30(26,27)21-14-12-19(13-15-21)23-24(20-10-6-3-7-11-20)29-22(25-23)17-28-16-18-8-4-2-5-9-18/h2-15H,16-17H2,1H3. The predicted octanol–water partition coefficient (Wildman–Crippen LogP) is 5.13. The monoisotopic (exact) mass is 419 g/mol. The number of benzene rings is 3. The zero-order valence-electron chi connectivity index (χ0n) is 16.5. The van der Waals surface area contributed by atoms with Crippen LogP contribution in [0, 0.1) is 0 Å². The lowest BCUT2D eigenvalue weighted by molar-refractivity contribution is 0.0900. The van der Waals surface area contributed by atoms with E-state index >= 15 is 0 Å². The van der Waals surface area contributed by atoms with Gasteiger partial charge in [0.25, 0.3) is 0 Å². The van der Waals surface area contributed by atoms with E-state index in [0.29, 0.717) is 24.0 Å². The number of hydrogen-bond acceptors (Lipinski definition) is 5. The second-order valence-electron chi connectivity index (χ2n) is 6.93. The molecule has 0 aliphatic heterocycles. The topological polar surface area (TPSA) is 69.4 Å². The Morgan fingerprint density at radius 3 is 2.07 bits per heavy atom. The van der Waals surface area contributed by atoms with E-state index in [-0.39, 0.29) is 11.5 Å². The summed E-state index contributed by atoms with van der Waals surface area (Å²) < 4.78 is 35.3. The van der Waals surface area contributed by atoms with Gasteiger partial charge in [0.1, 0.15) is 12.3 Å². The largest absolute Gasteiger partial charge is 0.437 e. The average molecular weight is 420 g/mol. The SMILES string of the molecule is CS(=O)(=O)c1ccc(-c2nc(COCc3ccccc3)oc2-c2ccccc2)cc1. The predicted molar refractivity (Wildman–Crippen MR) is 115 cm³/mol. The molecular formula is C24H21NO4S. The number of nitrogens with zero attached hydrogens (tertiary/aromatic N) is 1. The third-order valence-electron chi connectivity index (χ3n) is 4.60. The van der Waals surface area contributed by atoms with Crippen molar-refractivity contribution < 1.29 is 17.6 Å². The van der Waals surface area contributed by atoms with Crippen LogP contribution in [0.1, 0.15) is 11.5 Å². The smallest absolute Gasteiger partial charge is 0.221 e. The molecule has 1 heterocycles. The Labute approximate surface area is 175 Å². The maximum absolute atomic E-state index is 11.8. The summed E-state index contributed by atoms with van der Waals surface area (Å²) in [6, 6.07) is 26.2. The van der Waals surface area contributed by atoms with Crippen molar-refractivity contribution in [3.8, 4) is 22.6 Å². The van der Waals surface area contributed by atoms with Crippen molar-refractivity contribution in [1.82, 2.24) is 4.98 Å². The zero-order valence-corrected chi connectivity index (χ0v) is 17.3. The Morgan fingerprint density at radius 1 is 0.800 bits per heavy atom. The number of ether oxygens (including phenoxy) is 1. The van der Waals surface area contributed by atoms with Crippen LogP contribution in [-0.4, -0.2) is 19.7 Å². The molecule has 4 rings (SSSR count). The quantitative estimate of drug-likeness (QED) is 0.415. The van der Waals surface area contributed by atoms with Crippen LogP contribution in [0.25, 0.3) is 22.6 Å². The van der Waals surface area contributed by atoms with Gasteiger partial charge < -0.3 is 9.15 Å². The molecule has 30 heavy (non-hydrogen) atoms. The van der Waals surface area contributed by atoms with Gasteiger partial charge in [-0.2, -0.15) is 0 Å². The van der Waals surface area contributed by atoms with Crippen LogP contribution in [0.2, 0.25) is 0 Å². The molecule has 4 aromatic rings. The van der Waals surface area contributed by atoms with Crippen LogP contribution in [0.5, 0.6) is 0 Å². The minimum atomic E-state index is -3.26. The Bertz CT molecular complexity index is 1220. The molecule has 0 amide bonds. The first-order valence-corrected chi connectivity index (χ1v) is 11.4. The first-order valence-electron chi connectivity index (χ1n) is 9.48. The lowest BCUT2D eigenvalue weighted by Gasteiger charge is -2.03. The molecule has 1 aromatic heterocycles. The lowest BCUT2D eigenvalue weighted by atomic mass is 10.1. The van der Waals surface area contributed by atoms with Crippen molar-refractivity contribution in [2.75, 3.05) is 6.26 Å². The summed E-state index contributed by atoms with van der Waals surface area (Å²) in [5, 5.41) is 0. The molecule has 0 aliphatic carbocycles. The summed E-state index contributed by atoms with van der Waals surface area (Å²) in [6.45, 7) is 0.693. The summed E-state index contributed by atoms with van der Waals surface area (Å²) in [4.78, 5) is 4.90. The summed E-state index contributed by atoms with van der Waals surface area (Å²) in [5.74, 6) is 1.09. The highest BCUT2D eigenvalue weighted by Gasteiger charge is 2.18. The minimum absolute atomic E-state index is 0.232. The molecule has 0 saturated heterocycles. The van der Waals surface area contributed by atoms with E-state index in [1.165, 1.54) is 6.26 Å². The Morgan fingerprint density at radius 2 is 1.43 bits per heavy atom. The molecule has 5 nitrogen and oxygen atoms in total. The van der Waals surface area contributed by atoms with E-state index in [1.54, 1.807) is 24.3 Å². The highest BCUT2D eigenvalue weighted by Crippen LogP contribution is 2.33. The van der Waals surface area contributed by atoms with Gasteiger partial charge in [-0.25, -0.2) is 13.4 Å². The molecule has 0 saturated carbocycles. The van der Waals surface area contributed by atoms with Crippen molar-refractivity contribution in [1.29, 1.82) is 0 Å². The highest BCUT2D eigenvalue weighted by atomic mass is 32.2. The molecule has 6 heteroatoms. The van der Waals surface area contributed by atoms with Gasteiger partial charge in [0.05, 0.1) is 11.5 Å². The summed E-state index contributed by atoms with van der Waals surface area (Å²) in [7, 11) is -3.26. The Balaban J connectivity index is 1.63. The third kappa shape index (κ3) is 4.67. The van der Waals surface area contributed by atoms with Crippen molar-refractivity contribution in [3.05, 3.63) is 96.4 Å². The van der Waals surface area contributed by atoms with E-state index in [0.717, 1.165) is 16.7 Å². The fraction of sp³-hybridized carbons (Fsp3) is 0.125. The third-order valence-corrected chi connectivity index (χ3v) is 5.73. The van der Waals surface area contributed by atoms with Gasteiger partial charge in [0.2, 0.25) is 5.89 Å². The van der Waals surface area contributed by atoms with Crippen LogP contribution in [-0.2, 0) is 27.8 Å². The number of rotatable bonds is 7. The van der Waals surface area contributed by atoms with Gasteiger partial charge in [0, 0.05) is 17.4 Å². The number of oxazole rings is 1. The van der Waals surface area contributed by atoms with Gasteiger partial charge >= 0.3 is 0 Å². The van der Waals surface area contributed by atoms with Gasteiger partial charge in [-0.1, -0.05) is 72.8 Å². The number of aromatic nitrogens is 1. The van der Waals surface area contributed by atoms with Crippen molar-refractivity contribution in [2.24, 2.45) is 0 Å². The first kappa shape index (κ1) is 20.1. The lowest BCUT2D eigenvalue weighted by Crippen LogP contribution is -1.96. The molecule has 0 N–H and O–H groups in total. The van der Waals surface area contributed by atoms with Crippen LogP contribution >= 0.6 is 0 Å². The van der Waals surface area contributed by atoms with E-state index in [9.17, 15) is 8.42 Å². The van der Waals surface area contributed by atoms with Crippen molar-refractivity contribution in [2.45, 2.75) is 18.1 Å². The van der Waals surface area contributed by atoms with Crippen LogP contribution in [0.4, 0.5) is 0 Å². The number of hydrogen-bond donors (Lipinski definition) is 0. The summed E-state index contributed by atoms with van der Waals surface area (Å²) in [5.41, 5.74) is 3.39. The van der Waals surface area contributed by atoms with Gasteiger partial charge in [-0.05, 0) is 17.7 Å². The molecule has 0 atom stereocenters. The van der Waals surface area contributed by atoms with Crippen LogP contribution in [0.15, 0.2) is 94.2 Å². The van der Waals surface area contributed by atoms with E-state index in [2.05, 4.69) is 4.98 Å². The maximum atomic E-state index is 11.8. The van der Waals surface area contributed by atoms with Gasteiger partial charge in [0.15, 0.2) is 15.6 Å². The Kier molecular flexibility index (Phi) is 5.79. The van der Waals surface area contributed by atoms with Crippen LogP contribution in [0.3, 0.4) is 0 Å². The average Bonchev–Trinajstić information content (AvgIpc) is 3.19. The highest BCUT2D eigenvalue weighted by molar-refractivity contribution is 7.90. The first-order chi connectivity index (χ1) is 14.5. The fourth-order valence-corrected chi connectivity index (χ4v) is 3.73. The fourth-order valence-electron chi connectivity index (χ4n) is 3.10.